The summed E-state index contributed by atoms with van der Waals surface area (Å²) in [5.41, 5.74) is 0.190. The van der Waals surface area contributed by atoms with Crippen LogP contribution in [0.25, 0.3) is 0 Å². The van der Waals surface area contributed by atoms with E-state index in [1.165, 1.54) is 0 Å². The molecular formula is C21H34O5. The van der Waals surface area contributed by atoms with E-state index >= 15 is 0 Å². The zero-order chi connectivity index (χ0) is 20.1. The summed E-state index contributed by atoms with van der Waals surface area (Å²) in [6, 6.07) is 0. The molecule has 0 aliphatic heterocycles. The molecule has 1 rings (SSSR count). The van der Waals surface area contributed by atoms with Crippen LogP contribution in [0.15, 0.2) is 35.5 Å². The van der Waals surface area contributed by atoms with Gasteiger partial charge < -0.3 is 18.9 Å². The van der Waals surface area contributed by atoms with Gasteiger partial charge in [0.05, 0.1) is 0 Å². The summed E-state index contributed by atoms with van der Waals surface area (Å²) < 4.78 is 23.9. The first kappa shape index (κ1) is 22.8. The third kappa shape index (κ3) is 4.17. The van der Waals surface area contributed by atoms with Crippen LogP contribution in [-0.2, 0) is 23.7 Å². The fraction of sp³-hybridized carbons (Fsp3) is 0.667. The molecule has 0 aromatic carbocycles. The number of hydrogen-bond donors (Lipinski definition) is 0. The number of carbonyl (C=O) groups excluding carboxylic acids is 1. The topological polar surface area (TPSA) is 54.0 Å². The Hall–Kier alpha value is -1.27. The first-order valence-corrected chi connectivity index (χ1v) is 9.23. The molecule has 4 unspecified atom stereocenters. The van der Waals surface area contributed by atoms with Gasteiger partial charge in [0.1, 0.15) is 11.2 Å². The molecule has 1 aliphatic rings. The monoisotopic (exact) mass is 366 g/mol. The molecule has 26 heavy (non-hydrogen) atoms. The van der Waals surface area contributed by atoms with Gasteiger partial charge in [-0.3, -0.25) is 4.79 Å². The fourth-order valence-electron chi connectivity index (χ4n) is 3.62. The van der Waals surface area contributed by atoms with Gasteiger partial charge in [0.15, 0.2) is 18.4 Å². The lowest BCUT2D eigenvalue weighted by Crippen LogP contribution is -2.60. The van der Waals surface area contributed by atoms with Crippen molar-refractivity contribution in [1.29, 1.82) is 0 Å². The number of ether oxygens (including phenoxy) is 4. The standard InChI is InChI=1S/C21H34O5/c1-10-20(9,25-17(7)23-11-2)21(26-18(8)24-12-3)14(4)13-19(22)15(5)16(21)6/h10,13,17-18H,1,11-12H2,2-9H3. The molecular weight excluding hydrogens is 332 g/mol. The Morgan fingerprint density at radius 1 is 1.15 bits per heavy atom. The van der Waals surface area contributed by atoms with Crippen molar-refractivity contribution in [2.75, 3.05) is 13.2 Å². The van der Waals surface area contributed by atoms with Crippen LogP contribution in [0.4, 0.5) is 0 Å². The predicted molar refractivity (Wildman–Crippen MR) is 103 cm³/mol. The van der Waals surface area contributed by atoms with Gasteiger partial charge >= 0.3 is 0 Å². The molecule has 0 aromatic heterocycles. The van der Waals surface area contributed by atoms with E-state index in [0.29, 0.717) is 18.8 Å². The largest absolute Gasteiger partial charge is 0.353 e. The Kier molecular flexibility index (Phi) is 7.96. The van der Waals surface area contributed by atoms with Gasteiger partial charge in [-0.1, -0.05) is 6.08 Å². The molecule has 0 aromatic rings. The Balaban J connectivity index is 3.56. The minimum absolute atomic E-state index is 0.0208. The molecule has 0 fully saturated rings. The van der Waals surface area contributed by atoms with Crippen LogP contribution >= 0.6 is 0 Å². The minimum atomic E-state index is -1.02. The van der Waals surface area contributed by atoms with Crippen LogP contribution in [0.2, 0.25) is 0 Å². The second kappa shape index (κ2) is 9.09. The SMILES string of the molecule is C=CC(C)(OC(C)OCC)C1(OC(C)OCC)C(C)=CC(=O)C(C)=C1C. The van der Waals surface area contributed by atoms with Gasteiger partial charge in [-0.15, -0.1) is 6.58 Å². The summed E-state index contributed by atoms with van der Waals surface area (Å²) in [5.74, 6) is -0.0208. The van der Waals surface area contributed by atoms with Crippen molar-refractivity contribution in [1.82, 2.24) is 0 Å². The van der Waals surface area contributed by atoms with Gasteiger partial charge in [-0.2, -0.15) is 0 Å². The molecule has 1 aliphatic carbocycles. The summed E-state index contributed by atoms with van der Waals surface area (Å²) in [7, 11) is 0. The van der Waals surface area contributed by atoms with E-state index in [1.54, 1.807) is 19.1 Å². The van der Waals surface area contributed by atoms with E-state index in [2.05, 4.69) is 6.58 Å². The van der Waals surface area contributed by atoms with Gasteiger partial charge in [0, 0.05) is 13.2 Å². The molecule has 0 spiro atoms. The molecule has 5 nitrogen and oxygen atoms in total. The van der Waals surface area contributed by atoms with E-state index in [1.807, 2.05) is 48.5 Å². The van der Waals surface area contributed by atoms with Gasteiger partial charge in [0.2, 0.25) is 0 Å². The van der Waals surface area contributed by atoms with Gasteiger partial charge in [0.25, 0.3) is 0 Å². The number of allylic oxidation sites excluding steroid dienone is 2. The lowest BCUT2D eigenvalue weighted by Gasteiger charge is -2.51. The van der Waals surface area contributed by atoms with Crippen molar-refractivity contribution in [3.05, 3.63) is 35.5 Å². The van der Waals surface area contributed by atoms with Crippen LogP contribution < -0.4 is 0 Å². The van der Waals surface area contributed by atoms with Gasteiger partial charge in [-0.05, 0) is 78.2 Å². The highest BCUT2D eigenvalue weighted by Gasteiger charge is 2.55. The molecule has 0 bridgehead atoms. The first-order valence-electron chi connectivity index (χ1n) is 9.23. The van der Waals surface area contributed by atoms with Crippen molar-refractivity contribution < 1.29 is 23.7 Å². The highest BCUT2D eigenvalue weighted by molar-refractivity contribution is 6.06. The molecule has 0 saturated heterocycles. The van der Waals surface area contributed by atoms with Crippen LogP contribution in [-0.4, -0.2) is 42.8 Å². The lowest BCUT2D eigenvalue weighted by molar-refractivity contribution is -0.265. The zero-order valence-corrected chi connectivity index (χ0v) is 17.5. The van der Waals surface area contributed by atoms with Crippen molar-refractivity contribution in [3.63, 3.8) is 0 Å². The summed E-state index contributed by atoms with van der Waals surface area (Å²) in [6.45, 7) is 20.0. The Morgan fingerprint density at radius 2 is 1.69 bits per heavy atom. The fourth-order valence-corrected chi connectivity index (χ4v) is 3.62. The Bertz CT molecular complexity index is 591. The summed E-state index contributed by atoms with van der Waals surface area (Å²) in [6.07, 6.45) is 2.36. The predicted octanol–water partition coefficient (Wildman–Crippen LogP) is 4.33. The van der Waals surface area contributed by atoms with Gasteiger partial charge in [-0.25, -0.2) is 0 Å². The highest BCUT2D eigenvalue weighted by Crippen LogP contribution is 2.47. The van der Waals surface area contributed by atoms with Crippen LogP contribution in [0.1, 0.15) is 55.4 Å². The van der Waals surface area contributed by atoms with E-state index in [-0.39, 0.29) is 5.78 Å². The summed E-state index contributed by atoms with van der Waals surface area (Å²) in [4.78, 5) is 12.3. The normalized spacial score (nSPS) is 25.5. The van der Waals surface area contributed by atoms with E-state index in [9.17, 15) is 4.79 Å². The maximum absolute atomic E-state index is 12.3. The molecule has 0 amide bonds. The van der Waals surface area contributed by atoms with E-state index in [4.69, 9.17) is 18.9 Å². The Labute approximate surface area is 158 Å². The molecule has 148 valence electrons. The smallest absolute Gasteiger partial charge is 0.181 e. The number of carbonyl (C=O) groups is 1. The maximum atomic E-state index is 12.3. The third-order valence-corrected chi connectivity index (χ3v) is 5.01. The number of rotatable bonds is 10. The quantitative estimate of drug-likeness (QED) is 0.425. The van der Waals surface area contributed by atoms with Crippen molar-refractivity contribution in [3.8, 4) is 0 Å². The van der Waals surface area contributed by atoms with Crippen molar-refractivity contribution >= 4 is 5.78 Å². The van der Waals surface area contributed by atoms with Crippen LogP contribution in [0.3, 0.4) is 0 Å². The number of ketones is 1. The molecule has 5 heteroatoms. The molecule has 0 heterocycles. The number of hydrogen-bond acceptors (Lipinski definition) is 5. The maximum Gasteiger partial charge on any atom is 0.181 e. The first-order chi connectivity index (χ1) is 12.1. The second-order valence-electron chi connectivity index (χ2n) is 6.72. The summed E-state index contributed by atoms with van der Waals surface area (Å²) >= 11 is 0. The van der Waals surface area contributed by atoms with Crippen molar-refractivity contribution in [2.45, 2.75) is 79.2 Å². The summed E-state index contributed by atoms with van der Waals surface area (Å²) in [5, 5.41) is 0. The zero-order valence-electron chi connectivity index (χ0n) is 17.5. The van der Waals surface area contributed by atoms with Crippen LogP contribution in [0, 0.1) is 0 Å². The second-order valence-corrected chi connectivity index (χ2v) is 6.72. The molecule has 0 N–H and O–H groups in total. The molecule has 4 atom stereocenters. The van der Waals surface area contributed by atoms with Crippen molar-refractivity contribution in [2.24, 2.45) is 0 Å². The van der Waals surface area contributed by atoms with E-state index in [0.717, 1.165) is 11.1 Å². The molecule has 0 radical (unpaired) electrons. The third-order valence-electron chi connectivity index (χ3n) is 5.01. The van der Waals surface area contributed by atoms with Crippen LogP contribution in [0.5, 0.6) is 0 Å². The van der Waals surface area contributed by atoms with E-state index < -0.39 is 23.8 Å². The molecule has 0 saturated carbocycles. The minimum Gasteiger partial charge on any atom is -0.353 e. The lowest BCUT2D eigenvalue weighted by atomic mass is 9.69. The Morgan fingerprint density at radius 3 is 2.19 bits per heavy atom. The highest BCUT2D eigenvalue weighted by atomic mass is 16.7. The average Bonchev–Trinajstić information content (AvgIpc) is 2.57. The average molecular weight is 366 g/mol.